The van der Waals surface area contributed by atoms with Crippen molar-refractivity contribution in [3.05, 3.63) is 59.1 Å². The highest BCUT2D eigenvalue weighted by Gasteiger charge is 2.50. The van der Waals surface area contributed by atoms with Gasteiger partial charge in [-0.1, -0.05) is 35.9 Å². The van der Waals surface area contributed by atoms with Crippen molar-refractivity contribution in [2.45, 2.75) is 18.4 Å². The van der Waals surface area contributed by atoms with Gasteiger partial charge in [-0.05, 0) is 48.2 Å². The maximum absolute atomic E-state index is 12.7. The maximum atomic E-state index is 12.7. The molecule has 2 fully saturated rings. The molecular formula is C21H21ClN2O3. The minimum absolute atomic E-state index is 0.0372. The number of carbonyl (C=O) groups is 2. The van der Waals surface area contributed by atoms with Crippen LogP contribution in [0.2, 0.25) is 5.02 Å². The van der Waals surface area contributed by atoms with Crippen molar-refractivity contribution in [1.29, 1.82) is 0 Å². The molecule has 0 aromatic heterocycles. The molecule has 1 N–H and O–H groups in total. The molecule has 1 saturated carbocycles. The zero-order valence-corrected chi connectivity index (χ0v) is 15.7. The molecule has 5 nitrogen and oxygen atoms in total. The summed E-state index contributed by atoms with van der Waals surface area (Å²) in [6, 6.07) is 15.1. The zero-order chi connectivity index (χ0) is 19.0. The van der Waals surface area contributed by atoms with Crippen molar-refractivity contribution < 1.29 is 14.7 Å². The van der Waals surface area contributed by atoms with E-state index < -0.39 is 5.60 Å². The van der Waals surface area contributed by atoms with E-state index in [1.807, 2.05) is 48.5 Å². The molecular weight excluding hydrogens is 364 g/mol. The van der Waals surface area contributed by atoms with Gasteiger partial charge >= 0.3 is 0 Å². The monoisotopic (exact) mass is 384 g/mol. The molecule has 1 saturated heterocycles. The van der Waals surface area contributed by atoms with Crippen LogP contribution in [0.1, 0.15) is 23.2 Å². The summed E-state index contributed by atoms with van der Waals surface area (Å²) < 4.78 is 0. The molecule has 2 aromatic carbocycles. The number of benzene rings is 2. The summed E-state index contributed by atoms with van der Waals surface area (Å²) in [4.78, 5) is 28.4. The molecule has 140 valence electrons. The van der Waals surface area contributed by atoms with Gasteiger partial charge in [0.15, 0.2) is 0 Å². The molecule has 4 rings (SSSR count). The molecule has 2 aromatic rings. The van der Waals surface area contributed by atoms with Gasteiger partial charge in [-0.2, -0.15) is 0 Å². The lowest BCUT2D eigenvalue weighted by atomic mass is 10.0. The molecule has 2 aliphatic rings. The lowest BCUT2D eigenvalue weighted by molar-refractivity contribution is -0.143. The van der Waals surface area contributed by atoms with E-state index in [-0.39, 0.29) is 11.8 Å². The quantitative estimate of drug-likeness (QED) is 0.885. The SMILES string of the molecule is O=C(c1ccc(-c2cccc(Cl)c2)cc1)N1CCN(C(=O)C2(O)CC2)CC1. The van der Waals surface area contributed by atoms with E-state index in [0.717, 1.165) is 11.1 Å². The van der Waals surface area contributed by atoms with Crippen molar-refractivity contribution in [3.8, 4) is 11.1 Å². The Labute approximate surface area is 163 Å². The fourth-order valence-electron chi connectivity index (χ4n) is 3.40. The molecule has 0 spiro atoms. The topological polar surface area (TPSA) is 60.9 Å². The minimum atomic E-state index is -1.14. The van der Waals surface area contributed by atoms with Crippen LogP contribution in [0.5, 0.6) is 0 Å². The second kappa shape index (κ2) is 6.98. The highest BCUT2D eigenvalue weighted by Crippen LogP contribution is 2.37. The smallest absolute Gasteiger partial charge is 0.254 e. The first kappa shape index (κ1) is 18.0. The Morgan fingerprint density at radius 3 is 2.11 bits per heavy atom. The van der Waals surface area contributed by atoms with Crippen molar-refractivity contribution in [3.63, 3.8) is 0 Å². The number of amides is 2. The molecule has 0 radical (unpaired) electrons. The Hall–Kier alpha value is -2.37. The summed E-state index contributed by atoms with van der Waals surface area (Å²) in [6.07, 6.45) is 1.09. The predicted octanol–water partition coefficient (Wildman–Crippen LogP) is 2.82. The zero-order valence-electron chi connectivity index (χ0n) is 14.9. The van der Waals surface area contributed by atoms with Gasteiger partial charge < -0.3 is 14.9 Å². The normalized spacial score (nSPS) is 18.3. The summed E-state index contributed by atoms with van der Waals surface area (Å²) in [6.45, 7) is 1.90. The van der Waals surface area contributed by atoms with Crippen LogP contribution in [0.15, 0.2) is 48.5 Å². The number of piperazine rings is 1. The van der Waals surface area contributed by atoms with Gasteiger partial charge in [0.2, 0.25) is 0 Å². The highest BCUT2D eigenvalue weighted by molar-refractivity contribution is 6.30. The fraction of sp³-hybridized carbons (Fsp3) is 0.333. The Balaban J connectivity index is 1.39. The molecule has 6 heteroatoms. The number of hydrogen-bond acceptors (Lipinski definition) is 3. The average molecular weight is 385 g/mol. The lowest BCUT2D eigenvalue weighted by Gasteiger charge is -2.35. The van der Waals surface area contributed by atoms with Gasteiger partial charge in [0.25, 0.3) is 11.8 Å². The van der Waals surface area contributed by atoms with E-state index in [4.69, 9.17) is 11.6 Å². The van der Waals surface area contributed by atoms with Crippen LogP contribution in [-0.4, -0.2) is 58.5 Å². The molecule has 27 heavy (non-hydrogen) atoms. The van der Waals surface area contributed by atoms with Gasteiger partial charge in [0.05, 0.1) is 0 Å². The van der Waals surface area contributed by atoms with Crippen molar-refractivity contribution >= 4 is 23.4 Å². The standard InChI is InChI=1S/C21H21ClN2O3/c22-18-3-1-2-17(14-18)15-4-6-16(7-5-15)19(25)23-10-12-24(13-11-23)20(26)21(27)8-9-21/h1-7,14,27H,8-13H2. The van der Waals surface area contributed by atoms with Crippen LogP contribution in [0.25, 0.3) is 11.1 Å². The average Bonchev–Trinajstić information content (AvgIpc) is 3.46. The molecule has 1 aliphatic carbocycles. The molecule has 0 bridgehead atoms. The van der Waals surface area contributed by atoms with Crippen molar-refractivity contribution in [1.82, 2.24) is 9.80 Å². The van der Waals surface area contributed by atoms with Crippen molar-refractivity contribution in [2.75, 3.05) is 26.2 Å². The summed E-state index contributed by atoms with van der Waals surface area (Å²) in [5.41, 5.74) is 1.50. The predicted molar refractivity (Wildman–Crippen MR) is 104 cm³/mol. The first-order valence-corrected chi connectivity index (χ1v) is 9.51. The first-order chi connectivity index (χ1) is 13.0. The number of carbonyl (C=O) groups excluding carboxylic acids is 2. The van der Waals surface area contributed by atoms with Gasteiger partial charge in [-0.3, -0.25) is 9.59 Å². The van der Waals surface area contributed by atoms with Gasteiger partial charge in [-0.15, -0.1) is 0 Å². The van der Waals surface area contributed by atoms with E-state index in [1.54, 1.807) is 9.80 Å². The van der Waals surface area contributed by atoms with E-state index in [2.05, 4.69) is 0 Å². The minimum Gasteiger partial charge on any atom is -0.380 e. The third-order valence-electron chi connectivity index (χ3n) is 5.27. The molecule has 0 atom stereocenters. The van der Waals surface area contributed by atoms with Crippen LogP contribution in [0.4, 0.5) is 0 Å². The Kier molecular flexibility index (Phi) is 4.66. The molecule has 1 heterocycles. The van der Waals surface area contributed by atoms with Crippen LogP contribution in [0.3, 0.4) is 0 Å². The molecule has 0 unspecified atom stereocenters. The van der Waals surface area contributed by atoms with Crippen LogP contribution >= 0.6 is 11.6 Å². The summed E-state index contributed by atoms with van der Waals surface area (Å²) >= 11 is 6.04. The van der Waals surface area contributed by atoms with E-state index in [9.17, 15) is 14.7 Å². The highest BCUT2D eigenvalue weighted by atomic mass is 35.5. The van der Waals surface area contributed by atoms with Gasteiger partial charge in [-0.25, -0.2) is 0 Å². The van der Waals surface area contributed by atoms with Crippen LogP contribution < -0.4 is 0 Å². The maximum Gasteiger partial charge on any atom is 0.254 e. The van der Waals surface area contributed by atoms with Crippen LogP contribution in [-0.2, 0) is 4.79 Å². The third kappa shape index (κ3) is 3.70. The van der Waals surface area contributed by atoms with Gasteiger partial charge in [0.1, 0.15) is 5.60 Å². The largest absolute Gasteiger partial charge is 0.380 e. The second-order valence-electron chi connectivity index (χ2n) is 7.20. The Bertz CT molecular complexity index is 869. The van der Waals surface area contributed by atoms with E-state index in [1.165, 1.54) is 0 Å². The fourth-order valence-corrected chi connectivity index (χ4v) is 3.59. The van der Waals surface area contributed by atoms with Gasteiger partial charge in [0, 0.05) is 36.8 Å². The molecule has 2 amide bonds. The number of halogens is 1. The lowest BCUT2D eigenvalue weighted by Crippen LogP contribution is -2.53. The number of nitrogens with zero attached hydrogens (tertiary/aromatic N) is 2. The van der Waals surface area contributed by atoms with E-state index in [0.29, 0.717) is 49.6 Å². The number of rotatable bonds is 3. The molecule has 1 aliphatic heterocycles. The Morgan fingerprint density at radius 1 is 0.889 bits per heavy atom. The number of aliphatic hydroxyl groups is 1. The summed E-state index contributed by atoms with van der Waals surface area (Å²) in [5.74, 6) is -0.231. The first-order valence-electron chi connectivity index (χ1n) is 9.13. The Morgan fingerprint density at radius 2 is 1.52 bits per heavy atom. The summed E-state index contributed by atoms with van der Waals surface area (Å²) in [7, 11) is 0. The second-order valence-corrected chi connectivity index (χ2v) is 7.64. The number of hydrogen-bond donors (Lipinski definition) is 1. The van der Waals surface area contributed by atoms with E-state index >= 15 is 0 Å². The van der Waals surface area contributed by atoms with Crippen molar-refractivity contribution in [2.24, 2.45) is 0 Å². The third-order valence-corrected chi connectivity index (χ3v) is 5.50. The van der Waals surface area contributed by atoms with Crippen LogP contribution in [0, 0.1) is 0 Å². The summed E-state index contributed by atoms with van der Waals surface area (Å²) in [5, 5.41) is 10.6.